The van der Waals surface area contributed by atoms with E-state index in [-0.39, 0.29) is 17.5 Å². The molecule has 3 heterocycles. The van der Waals surface area contributed by atoms with Crippen LogP contribution >= 0.6 is 11.3 Å². The number of carbonyl (C=O) groups excluding carboxylic acids is 2. The van der Waals surface area contributed by atoms with Crippen molar-refractivity contribution in [3.63, 3.8) is 0 Å². The summed E-state index contributed by atoms with van der Waals surface area (Å²) in [5, 5.41) is 8.65. The smallest absolute Gasteiger partial charge is 0.273 e. The van der Waals surface area contributed by atoms with Crippen molar-refractivity contribution in [3.05, 3.63) is 59.1 Å². The van der Waals surface area contributed by atoms with Gasteiger partial charge in [-0.25, -0.2) is 0 Å². The van der Waals surface area contributed by atoms with Gasteiger partial charge in [0.1, 0.15) is 0 Å². The first-order valence-electron chi connectivity index (χ1n) is 8.89. The van der Waals surface area contributed by atoms with Crippen LogP contribution in [-0.2, 0) is 11.3 Å². The van der Waals surface area contributed by atoms with Gasteiger partial charge in [0.2, 0.25) is 5.91 Å². The fourth-order valence-electron chi connectivity index (χ4n) is 3.10. The van der Waals surface area contributed by atoms with E-state index in [1.54, 1.807) is 6.07 Å². The molecule has 138 valence electrons. The van der Waals surface area contributed by atoms with Crippen molar-refractivity contribution in [2.24, 2.45) is 0 Å². The first-order chi connectivity index (χ1) is 13.2. The van der Waals surface area contributed by atoms with Gasteiger partial charge in [-0.1, -0.05) is 23.4 Å². The molecule has 1 aliphatic rings. The van der Waals surface area contributed by atoms with Gasteiger partial charge in [0.05, 0.1) is 4.88 Å². The molecule has 4 rings (SSSR count). The summed E-state index contributed by atoms with van der Waals surface area (Å²) in [4.78, 5) is 27.2. The van der Waals surface area contributed by atoms with Crippen molar-refractivity contribution >= 4 is 28.8 Å². The Hall–Kier alpha value is -2.93. The lowest BCUT2D eigenvalue weighted by Gasteiger charge is -2.27. The Bertz CT molecular complexity index is 949. The number of hydrogen-bond acceptors (Lipinski definition) is 5. The second-order valence-corrected chi connectivity index (χ2v) is 7.36. The SMILES string of the molecule is O=C(NCc1cccc(N2CCCCC2=O)c1)c1cc(-c2cccs2)on1. The van der Waals surface area contributed by atoms with Gasteiger partial charge in [0.15, 0.2) is 11.5 Å². The number of thiophene rings is 1. The van der Waals surface area contributed by atoms with Crippen LogP contribution in [0.3, 0.4) is 0 Å². The number of aromatic nitrogens is 1. The van der Waals surface area contributed by atoms with Crippen molar-refractivity contribution in [2.45, 2.75) is 25.8 Å². The Kier molecular flexibility index (Phi) is 5.02. The van der Waals surface area contributed by atoms with Crippen LogP contribution in [0, 0.1) is 0 Å². The highest BCUT2D eigenvalue weighted by molar-refractivity contribution is 7.13. The average molecular weight is 381 g/mol. The van der Waals surface area contributed by atoms with Gasteiger partial charge in [0.25, 0.3) is 5.91 Å². The molecule has 0 spiro atoms. The predicted molar refractivity (Wildman–Crippen MR) is 104 cm³/mol. The molecule has 1 N–H and O–H groups in total. The summed E-state index contributed by atoms with van der Waals surface area (Å²) in [6.07, 6.45) is 2.57. The number of anilines is 1. The third-order valence-electron chi connectivity index (χ3n) is 4.51. The summed E-state index contributed by atoms with van der Waals surface area (Å²) < 4.78 is 5.25. The lowest BCUT2D eigenvalue weighted by molar-refractivity contribution is -0.119. The molecular weight excluding hydrogens is 362 g/mol. The average Bonchev–Trinajstić information content (AvgIpc) is 3.38. The molecule has 0 aliphatic carbocycles. The third kappa shape index (κ3) is 3.93. The van der Waals surface area contributed by atoms with Crippen molar-refractivity contribution in [1.29, 1.82) is 0 Å². The number of carbonyl (C=O) groups is 2. The van der Waals surface area contributed by atoms with Crippen molar-refractivity contribution < 1.29 is 14.1 Å². The molecular formula is C20H19N3O3S. The maximum absolute atomic E-state index is 12.3. The highest BCUT2D eigenvalue weighted by Crippen LogP contribution is 2.25. The van der Waals surface area contributed by atoms with Gasteiger partial charge in [0, 0.05) is 31.3 Å². The Morgan fingerprint density at radius 1 is 1.22 bits per heavy atom. The third-order valence-corrected chi connectivity index (χ3v) is 5.39. The first kappa shape index (κ1) is 17.5. The predicted octanol–water partition coefficient (Wildman–Crippen LogP) is 3.85. The maximum Gasteiger partial charge on any atom is 0.273 e. The van der Waals surface area contributed by atoms with Crippen LogP contribution in [0.4, 0.5) is 5.69 Å². The lowest BCUT2D eigenvalue weighted by atomic mass is 10.1. The summed E-state index contributed by atoms with van der Waals surface area (Å²) in [5.74, 6) is 0.452. The molecule has 1 aromatic carbocycles. The Morgan fingerprint density at radius 2 is 2.15 bits per heavy atom. The summed E-state index contributed by atoms with van der Waals surface area (Å²) >= 11 is 1.53. The van der Waals surface area contributed by atoms with E-state index in [0.717, 1.165) is 35.5 Å². The van der Waals surface area contributed by atoms with Crippen LogP contribution in [0.25, 0.3) is 10.6 Å². The maximum atomic E-state index is 12.3. The fraction of sp³-hybridized carbons (Fsp3) is 0.250. The minimum absolute atomic E-state index is 0.158. The van der Waals surface area contributed by atoms with E-state index < -0.39 is 0 Å². The van der Waals surface area contributed by atoms with E-state index in [4.69, 9.17) is 4.52 Å². The normalized spacial score (nSPS) is 14.4. The molecule has 0 atom stereocenters. The molecule has 0 unspecified atom stereocenters. The zero-order valence-electron chi connectivity index (χ0n) is 14.7. The molecule has 7 heteroatoms. The summed E-state index contributed by atoms with van der Waals surface area (Å²) in [7, 11) is 0. The molecule has 2 aromatic heterocycles. The molecule has 6 nitrogen and oxygen atoms in total. The molecule has 0 radical (unpaired) electrons. The first-order valence-corrected chi connectivity index (χ1v) is 9.77. The molecule has 0 saturated carbocycles. The van der Waals surface area contributed by atoms with E-state index in [9.17, 15) is 9.59 Å². The zero-order valence-corrected chi connectivity index (χ0v) is 15.5. The van der Waals surface area contributed by atoms with E-state index in [1.165, 1.54) is 11.3 Å². The van der Waals surface area contributed by atoms with Gasteiger partial charge in [-0.3, -0.25) is 9.59 Å². The highest BCUT2D eigenvalue weighted by Gasteiger charge is 2.20. The Labute approximate surface area is 160 Å². The van der Waals surface area contributed by atoms with Crippen LogP contribution < -0.4 is 10.2 Å². The second kappa shape index (κ2) is 7.75. The standard InChI is InChI=1S/C20H19N3O3S/c24-19-8-1-2-9-23(19)15-6-3-5-14(11-15)13-21-20(25)16-12-17(26-22-16)18-7-4-10-27-18/h3-7,10-12H,1-2,8-9,13H2,(H,21,25). The number of rotatable bonds is 5. The fourth-order valence-corrected chi connectivity index (χ4v) is 3.78. The largest absolute Gasteiger partial charge is 0.355 e. The van der Waals surface area contributed by atoms with Gasteiger partial charge in [-0.2, -0.15) is 0 Å². The molecule has 3 aromatic rings. The van der Waals surface area contributed by atoms with Crippen LogP contribution in [0.15, 0.2) is 52.4 Å². The minimum atomic E-state index is -0.291. The summed E-state index contributed by atoms with van der Waals surface area (Å²) in [6.45, 7) is 1.11. The van der Waals surface area contributed by atoms with Crippen LogP contribution in [-0.4, -0.2) is 23.5 Å². The number of nitrogens with zero attached hydrogens (tertiary/aromatic N) is 2. The van der Waals surface area contributed by atoms with Crippen molar-refractivity contribution in [1.82, 2.24) is 10.5 Å². The van der Waals surface area contributed by atoms with E-state index in [0.29, 0.717) is 18.7 Å². The molecule has 1 fully saturated rings. The zero-order chi connectivity index (χ0) is 18.6. The van der Waals surface area contributed by atoms with Gasteiger partial charge in [-0.05, 0) is 42.0 Å². The summed E-state index contributed by atoms with van der Waals surface area (Å²) in [6, 6.07) is 13.2. The number of piperidine rings is 1. The number of nitrogens with one attached hydrogen (secondary N) is 1. The van der Waals surface area contributed by atoms with Crippen LogP contribution in [0.1, 0.15) is 35.3 Å². The molecule has 1 saturated heterocycles. The van der Waals surface area contributed by atoms with Gasteiger partial charge in [-0.15, -0.1) is 11.3 Å². The highest BCUT2D eigenvalue weighted by atomic mass is 32.1. The quantitative estimate of drug-likeness (QED) is 0.728. The van der Waals surface area contributed by atoms with E-state index in [2.05, 4.69) is 10.5 Å². The van der Waals surface area contributed by atoms with Crippen molar-refractivity contribution in [2.75, 3.05) is 11.4 Å². The van der Waals surface area contributed by atoms with Gasteiger partial charge < -0.3 is 14.7 Å². The van der Waals surface area contributed by atoms with Crippen LogP contribution in [0.5, 0.6) is 0 Å². The second-order valence-electron chi connectivity index (χ2n) is 6.41. The molecule has 2 amide bonds. The Balaban J connectivity index is 1.40. The lowest BCUT2D eigenvalue weighted by Crippen LogP contribution is -2.35. The van der Waals surface area contributed by atoms with E-state index in [1.807, 2.05) is 46.7 Å². The molecule has 1 aliphatic heterocycles. The van der Waals surface area contributed by atoms with E-state index >= 15 is 0 Å². The van der Waals surface area contributed by atoms with Crippen molar-refractivity contribution in [3.8, 4) is 10.6 Å². The minimum Gasteiger partial charge on any atom is -0.355 e. The number of amides is 2. The van der Waals surface area contributed by atoms with Crippen LogP contribution in [0.2, 0.25) is 0 Å². The number of hydrogen-bond donors (Lipinski definition) is 1. The molecule has 0 bridgehead atoms. The summed E-state index contributed by atoms with van der Waals surface area (Å²) in [5.41, 5.74) is 2.06. The van der Waals surface area contributed by atoms with Gasteiger partial charge >= 0.3 is 0 Å². The topological polar surface area (TPSA) is 75.4 Å². The monoisotopic (exact) mass is 381 g/mol. The number of benzene rings is 1. The Morgan fingerprint density at radius 3 is 2.96 bits per heavy atom. The molecule has 27 heavy (non-hydrogen) atoms.